The average molecular weight is 265 g/mol. The van der Waals surface area contributed by atoms with Crippen LogP contribution in [-0.2, 0) is 0 Å². The van der Waals surface area contributed by atoms with Gasteiger partial charge in [0.2, 0.25) is 0 Å². The lowest BCUT2D eigenvalue weighted by molar-refractivity contribution is 0.297. The molecule has 0 aliphatic heterocycles. The van der Waals surface area contributed by atoms with Crippen molar-refractivity contribution in [2.45, 2.75) is 56.0 Å². The van der Waals surface area contributed by atoms with Gasteiger partial charge in [0.15, 0.2) is 5.16 Å². The minimum absolute atomic E-state index is 0.617. The molecule has 18 heavy (non-hydrogen) atoms. The van der Waals surface area contributed by atoms with E-state index in [1.54, 1.807) is 0 Å². The first-order chi connectivity index (χ1) is 8.83. The van der Waals surface area contributed by atoms with Crippen molar-refractivity contribution in [2.24, 2.45) is 5.92 Å². The summed E-state index contributed by atoms with van der Waals surface area (Å²) in [4.78, 5) is 8.68. The van der Waals surface area contributed by atoms with Gasteiger partial charge in [-0.3, -0.25) is 0 Å². The Morgan fingerprint density at radius 3 is 2.72 bits per heavy atom. The molecule has 1 aliphatic carbocycles. The van der Waals surface area contributed by atoms with Gasteiger partial charge < -0.3 is 5.32 Å². The standard InChI is InChI=1S/C14H23N3S/c1-3-11-6-7-12(15-4-2)13(10-11)18-14-16-8-5-9-17-14/h5,8-9,11-13,15H,3-4,6-7,10H2,1-2H3. The van der Waals surface area contributed by atoms with Gasteiger partial charge >= 0.3 is 0 Å². The molecule has 0 radical (unpaired) electrons. The third-order valence-corrected chi connectivity index (χ3v) is 4.99. The largest absolute Gasteiger partial charge is 0.313 e. The summed E-state index contributed by atoms with van der Waals surface area (Å²) in [5.41, 5.74) is 0. The molecule has 1 aliphatic rings. The Labute approximate surface area is 114 Å². The Hall–Kier alpha value is -0.610. The third-order valence-electron chi connectivity index (χ3n) is 3.74. The Morgan fingerprint density at radius 2 is 2.06 bits per heavy atom. The van der Waals surface area contributed by atoms with Gasteiger partial charge in [-0.25, -0.2) is 9.97 Å². The second-order valence-electron chi connectivity index (χ2n) is 4.94. The summed E-state index contributed by atoms with van der Waals surface area (Å²) in [5.74, 6) is 0.876. The van der Waals surface area contributed by atoms with Crippen LogP contribution in [0.4, 0.5) is 0 Å². The highest BCUT2D eigenvalue weighted by Crippen LogP contribution is 2.36. The molecule has 2 rings (SSSR count). The van der Waals surface area contributed by atoms with Crippen LogP contribution in [0.15, 0.2) is 23.6 Å². The highest BCUT2D eigenvalue weighted by atomic mass is 32.2. The molecule has 1 aromatic rings. The van der Waals surface area contributed by atoms with E-state index in [9.17, 15) is 0 Å². The van der Waals surface area contributed by atoms with Crippen molar-refractivity contribution in [3.8, 4) is 0 Å². The number of hydrogen-bond acceptors (Lipinski definition) is 4. The van der Waals surface area contributed by atoms with Crippen molar-refractivity contribution in [2.75, 3.05) is 6.54 Å². The molecule has 1 saturated carbocycles. The molecule has 1 fully saturated rings. The summed E-state index contributed by atoms with van der Waals surface area (Å²) in [6.07, 6.45) is 8.90. The summed E-state index contributed by atoms with van der Waals surface area (Å²) >= 11 is 1.85. The molecule has 0 aromatic carbocycles. The van der Waals surface area contributed by atoms with Crippen LogP contribution in [0.1, 0.15) is 39.5 Å². The minimum Gasteiger partial charge on any atom is -0.313 e. The van der Waals surface area contributed by atoms with Gasteiger partial charge in [0.25, 0.3) is 0 Å². The van der Waals surface area contributed by atoms with Crippen LogP contribution >= 0.6 is 11.8 Å². The molecule has 3 atom stereocenters. The Kier molecular flexibility index (Phi) is 5.45. The monoisotopic (exact) mass is 265 g/mol. The number of hydrogen-bond donors (Lipinski definition) is 1. The molecule has 1 N–H and O–H groups in total. The number of nitrogens with zero attached hydrogens (tertiary/aromatic N) is 2. The lowest BCUT2D eigenvalue weighted by Gasteiger charge is -2.35. The van der Waals surface area contributed by atoms with Crippen LogP contribution in [0, 0.1) is 5.92 Å². The van der Waals surface area contributed by atoms with Gasteiger partial charge in [-0.05, 0) is 37.8 Å². The normalized spacial score (nSPS) is 28.2. The zero-order chi connectivity index (χ0) is 12.8. The van der Waals surface area contributed by atoms with Crippen molar-refractivity contribution in [3.63, 3.8) is 0 Å². The van der Waals surface area contributed by atoms with Gasteiger partial charge in [-0.2, -0.15) is 0 Å². The number of thioether (sulfide) groups is 1. The maximum atomic E-state index is 4.34. The maximum Gasteiger partial charge on any atom is 0.187 e. The summed E-state index contributed by atoms with van der Waals surface area (Å²) in [6, 6.07) is 2.49. The van der Waals surface area contributed by atoms with Crippen molar-refractivity contribution in [1.29, 1.82) is 0 Å². The van der Waals surface area contributed by atoms with E-state index >= 15 is 0 Å². The Balaban J connectivity index is 2.00. The average Bonchev–Trinajstić information content (AvgIpc) is 2.42. The van der Waals surface area contributed by atoms with Crippen molar-refractivity contribution in [1.82, 2.24) is 15.3 Å². The lowest BCUT2D eigenvalue weighted by Crippen LogP contribution is -2.42. The van der Waals surface area contributed by atoms with Crippen LogP contribution in [0.25, 0.3) is 0 Å². The number of nitrogens with one attached hydrogen (secondary N) is 1. The Morgan fingerprint density at radius 1 is 1.28 bits per heavy atom. The fraction of sp³-hybridized carbons (Fsp3) is 0.714. The second kappa shape index (κ2) is 7.10. The Bertz CT molecular complexity index is 344. The molecule has 1 heterocycles. The molecule has 1 aromatic heterocycles. The topological polar surface area (TPSA) is 37.8 Å². The zero-order valence-electron chi connectivity index (χ0n) is 11.3. The zero-order valence-corrected chi connectivity index (χ0v) is 12.1. The first kappa shape index (κ1) is 13.8. The molecule has 0 saturated heterocycles. The van der Waals surface area contributed by atoms with Crippen LogP contribution in [0.3, 0.4) is 0 Å². The molecular weight excluding hydrogens is 242 g/mol. The predicted molar refractivity (Wildman–Crippen MR) is 76.8 cm³/mol. The van der Waals surface area contributed by atoms with Crippen LogP contribution in [-0.4, -0.2) is 27.8 Å². The molecular formula is C14H23N3S. The van der Waals surface area contributed by atoms with E-state index in [1.165, 1.54) is 25.7 Å². The van der Waals surface area contributed by atoms with Gasteiger partial charge in [0.1, 0.15) is 0 Å². The van der Waals surface area contributed by atoms with E-state index in [0.717, 1.165) is 17.6 Å². The fourth-order valence-corrected chi connectivity index (χ4v) is 3.97. The van der Waals surface area contributed by atoms with Gasteiger partial charge in [0, 0.05) is 23.7 Å². The highest BCUT2D eigenvalue weighted by molar-refractivity contribution is 7.99. The minimum atomic E-state index is 0.617. The number of rotatable bonds is 5. The summed E-state index contributed by atoms with van der Waals surface area (Å²) < 4.78 is 0. The predicted octanol–water partition coefficient (Wildman–Crippen LogP) is 3.13. The van der Waals surface area contributed by atoms with Gasteiger partial charge in [-0.15, -0.1) is 0 Å². The van der Waals surface area contributed by atoms with Crippen LogP contribution in [0.2, 0.25) is 0 Å². The van der Waals surface area contributed by atoms with E-state index in [0.29, 0.717) is 11.3 Å². The van der Waals surface area contributed by atoms with Crippen LogP contribution in [0.5, 0.6) is 0 Å². The summed E-state index contributed by atoms with van der Waals surface area (Å²) in [5, 5.41) is 5.16. The number of aromatic nitrogens is 2. The first-order valence-electron chi connectivity index (χ1n) is 7.00. The summed E-state index contributed by atoms with van der Waals surface area (Å²) in [7, 11) is 0. The highest BCUT2D eigenvalue weighted by Gasteiger charge is 2.30. The third kappa shape index (κ3) is 3.69. The maximum absolute atomic E-state index is 4.34. The van der Waals surface area contributed by atoms with E-state index in [-0.39, 0.29) is 0 Å². The van der Waals surface area contributed by atoms with E-state index in [4.69, 9.17) is 0 Å². The van der Waals surface area contributed by atoms with Crippen molar-refractivity contribution in [3.05, 3.63) is 18.5 Å². The van der Waals surface area contributed by atoms with E-state index < -0.39 is 0 Å². The molecule has 4 heteroatoms. The smallest absolute Gasteiger partial charge is 0.187 e. The van der Waals surface area contributed by atoms with E-state index in [1.807, 2.05) is 30.2 Å². The fourth-order valence-electron chi connectivity index (χ4n) is 2.69. The van der Waals surface area contributed by atoms with E-state index in [2.05, 4.69) is 29.1 Å². The van der Waals surface area contributed by atoms with Gasteiger partial charge in [-0.1, -0.05) is 32.0 Å². The first-order valence-corrected chi connectivity index (χ1v) is 7.88. The summed E-state index contributed by atoms with van der Waals surface area (Å²) in [6.45, 7) is 5.54. The second-order valence-corrected chi connectivity index (χ2v) is 6.15. The van der Waals surface area contributed by atoms with Gasteiger partial charge in [0.05, 0.1) is 0 Å². The lowest BCUT2D eigenvalue weighted by atomic mass is 9.84. The molecule has 0 bridgehead atoms. The molecule has 3 unspecified atom stereocenters. The molecule has 0 spiro atoms. The SMILES string of the molecule is CCNC1CCC(CC)CC1Sc1ncccn1. The molecule has 3 nitrogen and oxygen atoms in total. The van der Waals surface area contributed by atoms with Crippen molar-refractivity contribution >= 4 is 11.8 Å². The van der Waals surface area contributed by atoms with Crippen LogP contribution < -0.4 is 5.32 Å². The quantitative estimate of drug-likeness (QED) is 0.830. The molecule has 0 amide bonds. The molecule has 100 valence electrons. The van der Waals surface area contributed by atoms with Crippen molar-refractivity contribution < 1.29 is 0 Å².